The lowest BCUT2D eigenvalue weighted by Gasteiger charge is -2.30. The number of hydrogen-bond donors (Lipinski definition) is 2. The van der Waals surface area contributed by atoms with Crippen LogP contribution in [0.15, 0.2) is 54.7 Å². The second-order valence-electron chi connectivity index (χ2n) is 7.33. The second-order valence-corrected chi connectivity index (χ2v) is 7.33. The van der Waals surface area contributed by atoms with Gasteiger partial charge in [0.25, 0.3) is 0 Å². The van der Waals surface area contributed by atoms with Crippen molar-refractivity contribution < 1.29 is 14.3 Å². The van der Waals surface area contributed by atoms with Crippen molar-refractivity contribution in [2.45, 2.75) is 37.6 Å². The fourth-order valence-electron chi connectivity index (χ4n) is 4.08. The number of anilines is 1. The molecule has 1 aliphatic rings. The van der Waals surface area contributed by atoms with Crippen LogP contribution in [-0.4, -0.2) is 35.1 Å². The van der Waals surface area contributed by atoms with Gasteiger partial charge in [0.1, 0.15) is 0 Å². The van der Waals surface area contributed by atoms with Crippen LogP contribution in [0.25, 0.3) is 10.9 Å². The number of hydrogen-bond acceptors (Lipinski definition) is 4. The molecule has 4 rings (SSSR count). The Balaban J connectivity index is 1.43. The summed E-state index contributed by atoms with van der Waals surface area (Å²) >= 11 is 0. The molecule has 3 aromatic rings. The predicted octanol–water partition coefficient (Wildman–Crippen LogP) is 4.50. The van der Waals surface area contributed by atoms with Gasteiger partial charge in [-0.3, -0.25) is 0 Å². The van der Waals surface area contributed by atoms with E-state index >= 15 is 0 Å². The average molecular weight is 392 g/mol. The lowest BCUT2D eigenvalue weighted by molar-refractivity contribution is 0.170. The van der Waals surface area contributed by atoms with Crippen LogP contribution in [0.5, 0.6) is 0 Å². The zero-order valence-electron chi connectivity index (χ0n) is 16.3. The molecule has 1 fully saturated rings. The van der Waals surface area contributed by atoms with Crippen molar-refractivity contribution in [3.63, 3.8) is 0 Å². The number of amides is 2. The van der Waals surface area contributed by atoms with Gasteiger partial charge in [-0.25, -0.2) is 9.59 Å². The quantitative estimate of drug-likeness (QED) is 0.687. The van der Waals surface area contributed by atoms with E-state index in [4.69, 9.17) is 4.74 Å². The number of fused-ring (bicyclic) bond motifs is 1. The van der Waals surface area contributed by atoms with Crippen LogP contribution in [0.4, 0.5) is 15.3 Å². The molecule has 7 heteroatoms. The zero-order chi connectivity index (χ0) is 20.2. The van der Waals surface area contributed by atoms with Gasteiger partial charge >= 0.3 is 12.1 Å². The minimum atomic E-state index is -0.573. The molecular weight excluding hydrogens is 368 g/mol. The normalized spacial score (nSPS) is 18.9. The second kappa shape index (κ2) is 8.34. The fraction of sp³-hybridized carbons (Fsp3) is 0.318. The van der Waals surface area contributed by atoms with Crippen molar-refractivity contribution in [1.29, 1.82) is 0 Å². The first kappa shape index (κ1) is 19.0. The Hall–Kier alpha value is -3.35. The summed E-state index contributed by atoms with van der Waals surface area (Å²) in [6.07, 6.45) is 5.12. The number of benzene rings is 2. The molecular formula is C22H24N4O3. The molecule has 0 unspecified atom stereocenters. The number of aromatic nitrogens is 2. The third-order valence-electron chi connectivity index (χ3n) is 5.49. The van der Waals surface area contributed by atoms with Crippen molar-refractivity contribution in [3.05, 3.63) is 60.3 Å². The molecule has 29 heavy (non-hydrogen) atoms. The summed E-state index contributed by atoms with van der Waals surface area (Å²) in [7, 11) is 1.30. The molecule has 1 heterocycles. The third kappa shape index (κ3) is 4.08. The number of ether oxygens (including phenoxy) is 1. The van der Waals surface area contributed by atoms with Gasteiger partial charge in [-0.15, -0.1) is 0 Å². The lowest BCUT2D eigenvalue weighted by atomic mass is 9.81. The summed E-state index contributed by atoms with van der Waals surface area (Å²) in [4.78, 5) is 24.4. The van der Waals surface area contributed by atoms with Gasteiger partial charge in [-0.2, -0.15) is 9.78 Å². The Bertz CT molecular complexity index is 1020. The zero-order valence-corrected chi connectivity index (χ0v) is 16.3. The van der Waals surface area contributed by atoms with Crippen LogP contribution in [0.3, 0.4) is 0 Å². The minimum absolute atomic E-state index is 0.131. The highest BCUT2D eigenvalue weighted by Crippen LogP contribution is 2.33. The van der Waals surface area contributed by atoms with Crippen LogP contribution >= 0.6 is 0 Å². The van der Waals surface area contributed by atoms with E-state index in [9.17, 15) is 9.59 Å². The maximum atomic E-state index is 12.6. The van der Waals surface area contributed by atoms with Gasteiger partial charge in [0.15, 0.2) is 0 Å². The molecule has 0 spiro atoms. The van der Waals surface area contributed by atoms with Crippen LogP contribution < -0.4 is 10.6 Å². The topological polar surface area (TPSA) is 85.2 Å². The Morgan fingerprint density at radius 1 is 1.10 bits per heavy atom. The molecule has 150 valence electrons. The van der Waals surface area contributed by atoms with Crippen LogP contribution in [0.1, 0.15) is 37.2 Å². The number of carbonyl (C=O) groups excluding carboxylic acids is 2. The summed E-state index contributed by atoms with van der Waals surface area (Å²) in [6, 6.07) is 15.7. The first-order chi connectivity index (χ1) is 14.2. The molecule has 2 amide bonds. The minimum Gasteiger partial charge on any atom is -0.451 e. The lowest BCUT2D eigenvalue weighted by Crippen LogP contribution is -2.40. The average Bonchev–Trinajstić information content (AvgIpc) is 3.19. The highest BCUT2D eigenvalue weighted by Gasteiger charge is 2.24. The van der Waals surface area contributed by atoms with Crippen molar-refractivity contribution in [3.8, 4) is 0 Å². The number of nitrogens with one attached hydrogen (secondary N) is 2. The Labute approximate surface area is 169 Å². The van der Waals surface area contributed by atoms with E-state index in [2.05, 4.69) is 40.0 Å². The van der Waals surface area contributed by atoms with Crippen LogP contribution in [0.2, 0.25) is 0 Å². The van der Waals surface area contributed by atoms with Crippen molar-refractivity contribution in [2.75, 3.05) is 12.4 Å². The van der Waals surface area contributed by atoms with Gasteiger partial charge in [0.2, 0.25) is 0 Å². The largest absolute Gasteiger partial charge is 0.451 e. The third-order valence-corrected chi connectivity index (χ3v) is 5.49. The summed E-state index contributed by atoms with van der Waals surface area (Å²) in [5.74, 6) is 0.469. The summed E-state index contributed by atoms with van der Waals surface area (Å²) in [5.41, 5.74) is 2.52. The number of carbonyl (C=O) groups is 2. The molecule has 0 aliphatic heterocycles. The van der Waals surface area contributed by atoms with Crippen molar-refractivity contribution >= 4 is 28.7 Å². The van der Waals surface area contributed by atoms with Gasteiger partial charge in [0.05, 0.1) is 24.5 Å². The molecule has 1 aromatic heterocycles. The van der Waals surface area contributed by atoms with E-state index in [1.165, 1.54) is 17.4 Å². The molecule has 1 aliphatic carbocycles. The molecule has 2 N–H and O–H groups in total. The van der Waals surface area contributed by atoms with E-state index in [0.717, 1.165) is 25.7 Å². The van der Waals surface area contributed by atoms with E-state index in [1.807, 2.05) is 6.07 Å². The van der Waals surface area contributed by atoms with Gasteiger partial charge in [-0.05, 0) is 42.9 Å². The van der Waals surface area contributed by atoms with Crippen LogP contribution in [-0.2, 0) is 4.74 Å². The maximum Gasteiger partial charge on any atom is 0.434 e. The Morgan fingerprint density at radius 3 is 2.72 bits per heavy atom. The highest BCUT2D eigenvalue weighted by molar-refractivity contribution is 6.02. The predicted molar refractivity (Wildman–Crippen MR) is 111 cm³/mol. The van der Waals surface area contributed by atoms with Crippen molar-refractivity contribution in [1.82, 2.24) is 15.1 Å². The van der Waals surface area contributed by atoms with E-state index in [-0.39, 0.29) is 12.1 Å². The highest BCUT2D eigenvalue weighted by atomic mass is 16.5. The van der Waals surface area contributed by atoms with Crippen LogP contribution in [0, 0.1) is 0 Å². The molecule has 0 saturated heterocycles. The standard InChI is InChI=1S/C22H24N4O3/c1-29-22(28)26-20-12-6-11-19(18(20)14-23-26)25-21(27)24-17-10-5-9-16(13-17)15-7-3-2-4-8-15/h2-4,6-8,11-12,14,16-17H,5,9-10,13H2,1H3,(H2,24,25,27)/t16-,17+/m0/s1. The molecule has 0 radical (unpaired) electrons. The maximum absolute atomic E-state index is 12.6. The Kier molecular flexibility index (Phi) is 5.46. The molecule has 0 bridgehead atoms. The summed E-state index contributed by atoms with van der Waals surface area (Å²) in [5, 5.41) is 10.7. The summed E-state index contributed by atoms with van der Waals surface area (Å²) < 4.78 is 5.90. The van der Waals surface area contributed by atoms with Gasteiger partial charge < -0.3 is 15.4 Å². The van der Waals surface area contributed by atoms with Gasteiger partial charge in [0, 0.05) is 11.4 Å². The molecule has 7 nitrogen and oxygen atoms in total. The Morgan fingerprint density at radius 2 is 1.93 bits per heavy atom. The first-order valence-electron chi connectivity index (χ1n) is 9.83. The van der Waals surface area contributed by atoms with Gasteiger partial charge in [-0.1, -0.05) is 42.8 Å². The van der Waals surface area contributed by atoms with E-state index in [0.29, 0.717) is 22.5 Å². The smallest absolute Gasteiger partial charge is 0.434 e. The van der Waals surface area contributed by atoms with E-state index in [1.54, 1.807) is 24.4 Å². The number of methoxy groups -OCH3 is 1. The molecule has 2 atom stereocenters. The number of nitrogens with zero attached hydrogens (tertiary/aromatic N) is 2. The van der Waals surface area contributed by atoms with Crippen molar-refractivity contribution in [2.24, 2.45) is 0 Å². The fourth-order valence-corrected chi connectivity index (χ4v) is 4.08. The number of rotatable bonds is 3. The first-order valence-corrected chi connectivity index (χ1v) is 9.83. The summed E-state index contributed by atoms with van der Waals surface area (Å²) in [6.45, 7) is 0. The molecule has 2 aromatic carbocycles. The SMILES string of the molecule is COC(=O)n1ncc2c(NC(=O)N[C@@H]3CCC[C@H](c4ccccc4)C3)cccc21. The monoisotopic (exact) mass is 392 g/mol. The van der Waals surface area contributed by atoms with E-state index < -0.39 is 6.09 Å². The number of urea groups is 1. The molecule has 1 saturated carbocycles.